The van der Waals surface area contributed by atoms with Crippen LogP contribution in [-0.4, -0.2) is 39.7 Å². The predicted molar refractivity (Wildman–Crippen MR) is 148 cm³/mol. The van der Waals surface area contributed by atoms with Gasteiger partial charge in [-0.25, -0.2) is 0 Å². The summed E-state index contributed by atoms with van der Waals surface area (Å²) in [4.78, 5) is 17.8. The maximum Gasteiger partial charge on any atom is 0.243 e. The summed E-state index contributed by atoms with van der Waals surface area (Å²) in [6.07, 6.45) is 15.5. The van der Waals surface area contributed by atoms with Crippen molar-refractivity contribution in [2.24, 2.45) is 0 Å². The van der Waals surface area contributed by atoms with Crippen LogP contribution < -0.4 is 0 Å². The minimum absolute atomic E-state index is 0.0171. The number of benzene rings is 2. The van der Waals surface area contributed by atoms with E-state index in [1.807, 2.05) is 82.7 Å². The maximum atomic E-state index is 11.8. The van der Waals surface area contributed by atoms with Gasteiger partial charge < -0.3 is 4.90 Å². The predicted octanol–water partition coefficient (Wildman–Crippen LogP) is 7.02. The van der Waals surface area contributed by atoms with E-state index in [1.165, 1.54) is 5.39 Å². The van der Waals surface area contributed by atoms with E-state index in [-0.39, 0.29) is 12.5 Å². The third kappa shape index (κ3) is 7.78. The minimum atomic E-state index is 0.0171. The van der Waals surface area contributed by atoms with E-state index in [4.69, 9.17) is 0 Å². The van der Waals surface area contributed by atoms with Gasteiger partial charge in [0.2, 0.25) is 5.91 Å². The zero-order valence-corrected chi connectivity index (χ0v) is 21.6. The molecule has 2 aromatic carbocycles. The number of rotatable bonds is 5. The second-order valence-corrected chi connectivity index (χ2v) is 7.75. The molecule has 0 N–H and O–H groups in total. The van der Waals surface area contributed by atoms with Crippen LogP contribution in [-0.2, 0) is 11.3 Å². The zero-order valence-electron chi connectivity index (χ0n) is 21.6. The number of fused-ring (bicyclic) bond motifs is 1. The van der Waals surface area contributed by atoms with E-state index in [0.29, 0.717) is 0 Å². The van der Waals surface area contributed by atoms with Crippen LogP contribution >= 0.6 is 0 Å². The van der Waals surface area contributed by atoms with E-state index in [9.17, 15) is 4.79 Å². The zero-order chi connectivity index (χ0) is 25.6. The summed E-state index contributed by atoms with van der Waals surface area (Å²) in [5.41, 5.74) is 4.30. The highest BCUT2D eigenvalue weighted by atomic mass is 16.2. The average molecular weight is 469 g/mol. The molecular weight excluding hydrogens is 432 g/mol. The molecule has 0 saturated carbocycles. The number of allylic oxidation sites excluding steroid dienone is 4. The molecule has 4 rings (SSSR count). The van der Waals surface area contributed by atoms with Crippen molar-refractivity contribution in [2.75, 3.05) is 14.1 Å². The van der Waals surface area contributed by atoms with Gasteiger partial charge in [-0.1, -0.05) is 86.7 Å². The number of hydrogen-bond donors (Lipinski definition) is 0. The molecule has 0 unspecified atom stereocenters. The van der Waals surface area contributed by atoms with Crippen LogP contribution in [0.4, 0.5) is 0 Å². The molecule has 4 aromatic rings. The summed E-state index contributed by atoms with van der Waals surface area (Å²) in [7, 11) is 3.49. The van der Waals surface area contributed by atoms with Crippen molar-refractivity contribution in [3.63, 3.8) is 0 Å². The Hall–Kier alpha value is -3.99. The van der Waals surface area contributed by atoms with E-state index in [0.717, 1.165) is 27.6 Å². The molecule has 0 aliphatic heterocycles. The highest BCUT2D eigenvalue weighted by molar-refractivity contribution is 5.95. The first kappa shape index (κ1) is 27.3. The van der Waals surface area contributed by atoms with Gasteiger partial charge in [0, 0.05) is 49.2 Å². The van der Waals surface area contributed by atoms with Gasteiger partial charge in [-0.15, -0.1) is 0 Å². The summed E-state index contributed by atoms with van der Waals surface area (Å²) in [5, 5.41) is 6.62. The Labute approximate surface area is 209 Å². The molecule has 0 radical (unpaired) electrons. The number of likely N-dealkylation sites (N-methyl/N-ethyl adjacent to an activating group) is 1. The quantitative estimate of drug-likeness (QED) is 0.296. The molecule has 0 bridgehead atoms. The Morgan fingerprint density at radius 2 is 1.49 bits per heavy atom. The van der Waals surface area contributed by atoms with E-state index < -0.39 is 0 Å². The topological polar surface area (TPSA) is 51.0 Å². The van der Waals surface area contributed by atoms with Gasteiger partial charge in [-0.3, -0.25) is 14.5 Å². The van der Waals surface area contributed by atoms with Gasteiger partial charge in [0.25, 0.3) is 0 Å². The fourth-order valence-corrected chi connectivity index (χ4v) is 3.29. The number of carbonyl (C=O) groups excluding carboxylic acids is 1. The Morgan fingerprint density at radius 1 is 0.857 bits per heavy atom. The summed E-state index contributed by atoms with van der Waals surface area (Å²) in [5.74, 6) is 0.0171. The Balaban J connectivity index is 0.000000474. The standard InChI is InChI=1S/C22H20N4O.C6H10.C2H6/c1-25(2)22(27)15-26-14-19(12-24-26)16-7-9-17(10-8-16)21-13-23-11-18-5-3-4-6-20(18)21;1-3-5-6-4-2;1-2/h3-14H,15H2,1-2H3;3-6H,1-2H3;1-2H3/b;5-3-,6-4-;. The molecule has 182 valence electrons. The van der Waals surface area contributed by atoms with Crippen molar-refractivity contribution in [2.45, 2.75) is 34.2 Å². The fraction of sp³-hybridized carbons (Fsp3) is 0.233. The summed E-state index contributed by atoms with van der Waals surface area (Å²) in [6, 6.07) is 16.6. The lowest BCUT2D eigenvalue weighted by Crippen LogP contribution is -2.26. The van der Waals surface area contributed by atoms with Crippen molar-refractivity contribution in [1.82, 2.24) is 19.7 Å². The number of carbonyl (C=O) groups is 1. The maximum absolute atomic E-state index is 11.8. The third-order valence-electron chi connectivity index (χ3n) is 5.12. The molecule has 5 heteroatoms. The Morgan fingerprint density at radius 3 is 2.11 bits per heavy atom. The van der Waals surface area contributed by atoms with E-state index >= 15 is 0 Å². The van der Waals surface area contributed by atoms with Crippen molar-refractivity contribution >= 4 is 16.7 Å². The first-order chi connectivity index (χ1) is 17.0. The molecule has 0 fully saturated rings. The molecule has 1 amide bonds. The molecule has 2 heterocycles. The summed E-state index contributed by atoms with van der Waals surface area (Å²) in [6.45, 7) is 8.24. The molecule has 2 aromatic heterocycles. The van der Waals surface area contributed by atoms with Crippen LogP contribution in [0.2, 0.25) is 0 Å². The van der Waals surface area contributed by atoms with E-state index in [2.05, 4.69) is 46.5 Å². The smallest absolute Gasteiger partial charge is 0.243 e. The van der Waals surface area contributed by atoms with Gasteiger partial charge >= 0.3 is 0 Å². The SMILES string of the molecule is C/C=C\C=C/C.CC.CN(C)C(=O)Cn1cc(-c2ccc(-c3cncc4ccccc34)cc2)cn1. The monoisotopic (exact) mass is 468 g/mol. The summed E-state index contributed by atoms with van der Waals surface area (Å²) < 4.78 is 1.67. The largest absolute Gasteiger partial charge is 0.347 e. The molecule has 0 saturated heterocycles. The normalized spacial score (nSPS) is 10.6. The number of hydrogen-bond acceptors (Lipinski definition) is 3. The van der Waals surface area contributed by atoms with Crippen LogP contribution in [0.15, 0.2) is 97.6 Å². The van der Waals surface area contributed by atoms with Gasteiger partial charge in [0.1, 0.15) is 6.54 Å². The van der Waals surface area contributed by atoms with Gasteiger partial charge in [-0.05, 0) is 30.4 Å². The Bertz CT molecular complexity index is 1240. The van der Waals surface area contributed by atoms with Crippen LogP contribution in [0, 0.1) is 0 Å². The molecule has 0 atom stereocenters. The highest BCUT2D eigenvalue weighted by Gasteiger charge is 2.09. The molecule has 0 spiro atoms. The van der Waals surface area contributed by atoms with Gasteiger partial charge in [0.05, 0.1) is 6.20 Å². The minimum Gasteiger partial charge on any atom is -0.347 e. The molecule has 35 heavy (non-hydrogen) atoms. The van der Waals surface area contributed by atoms with Crippen molar-refractivity contribution in [3.05, 3.63) is 97.6 Å². The lowest BCUT2D eigenvalue weighted by Gasteiger charge is -2.09. The van der Waals surface area contributed by atoms with Gasteiger partial charge in [0.15, 0.2) is 0 Å². The molecule has 0 aliphatic carbocycles. The number of aromatic nitrogens is 3. The van der Waals surface area contributed by atoms with Crippen molar-refractivity contribution in [1.29, 1.82) is 0 Å². The summed E-state index contributed by atoms with van der Waals surface area (Å²) >= 11 is 0. The number of pyridine rings is 1. The second-order valence-electron chi connectivity index (χ2n) is 7.75. The van der Waals surface area contributed by atoms with Crippen LogP contribution in [0.5, 0.6) is 0 Å². The highest BCUT2D eigenvalue weighted by Crippen LogP contribution is 2.29. The van der Waals surface area contributed by atoms with Crippen LogP contribution in [0.25, 0.3) is 33.0 Å². The van der Waals surface area contributed by atoms with E-state index in [1.54, 1.807) is 29.9 Å². The first-order valence-corrected chi connectivity index (χ1v) is 11.9. The van der Waals surface area contributed by atoms with Crippen molar-refractivity contribution < 1.29 is 4.79 Å². The van der Waals surface area contributed by atoms with Crippen LogP contribution in [0.3, 0.4) is 0 Å². The first-order valence-electron chi connectivity index (χ1n) is 11.9. The van der Waals surface area contributed by atoms with Crippen LogP contribution in [0.1, 0.15) is 27.7 Å². The number of amides is 1. The molecule has 0 aliphatic rings. The third-order valence-corrected chi connectivity index (χ3v) is 5.12. The lowest BCUT2D eigenvalue weighted by molar-refractivity contribution is -0.129. The van der Waals surface area contributed by atoms with Gasteiger partial charge in [-0.2, -0.15) is 5.10 Å². The van der Waals surface area contributed by atoms with Crippen molar-refractivity contribution in [3.8, 4) is 22.3 Å². The molecule has 5 nitrogen and oxygen atoms in total. The fourth-order valence-electron chi connectivity index (χ4n) is 3.29. The lowest BCUT2D eigenvalue weighted by atomic mass is 9.99. The Kier molecular flexibility index (Phi) is 11.1. The second kappa shape index (κ2) is 14.3. The molecular formula is C30H36N4O. The average Bonchev–Trinajstić information content (AvgIpc) is 3.37. The number of nitrogens with zero attached hydrogens (tertiary/aromatic N) is 4.